The Morgan fingerprint density at radius 3 is 2.47 bits per heavy atom. The lowest BCUT2D eigenvalue weighted by molar-refractivity contribution is -0.140. The van der Waals surface area contributed by atoms with Crippen LogP contribution in [0.15, 0.2) is 40.3 Å². The normalized spacial score (nSPS) is 19.8. The number of furan rings is 1. The number of nitrogens with zero attached hydrogens (tertiary/aromatic N) is 2. The van der Waals surface area contributed by atoms with Crippen molar-refractivity contribution in [2.24, 2.45) is 0 Å². The van der Waals surface area contributed by atoms with Gasteiger partial charge in [0.15, 0.2) is 11.5 Å². The summed E-state index contributed by atoms with van der Waals surface area (Å²) in [5.74, 6) is 0.539. The molecule has 8 heteroatoms. The highest BCUT2D eigenvalue weighted by atomic mass is 16.6. The molecule has 3 heterocycles. The molecule has 2 aliphatic rings. The van der Waals surface area contributed by atoms with Crippen LogP contribution in [0.1, 0.15) is 37.0 Å². The van der Waals surface area contributed by atoms with Gasteiger partial charge in [-0.1, -0.05) is 13.8 Å². The predicted molar refractivity (Wildman–Crippen MR) is 118 cm³/mol. The Morgan fingerprint density at radius 1 is 1.09 bits per heavy atom. The molecular weight excluding hydrogens is 412 g/mol. The summed E-state index contributed by atoms with van der Waals surface area (Å²) >= 11 is 0. The Hall–Kier alpha value is -3.26. The van der Waals surface area contributed by atoms with Crippen molar-refractivity contribution in [3.05, 3.63) is 53.0 Å². The zero-order valence-corrected chi connectivity index (χ0v) is 18.6. The first kappa shape index (κ1) is 22.0. The topological polar surface area (TPSA) is 92.5 Å². The summed E-state index contributed by atoms with van der Waals surface area (Å²) in [6, 6.07) is 7.69. The highest BCUT2D eigenvalue weighted by Crippen LogP contribution is 2.41. The zero-order valence-electron chi connectivity index (χ0n) is 18.6. The van der Waals surface area contributed by atoms with Gasteiger partial charge in [-0.3, -0.25) is 9.59 Å². The average Bonchev–Trinajstić information content (AvgIpc) is 3.34. The van der Waals surface area contributed by atoms with E-state index in [2.05, 4.69) is 4.90 Å². The number of aryl methyl sites for hydroxylation is 1. The number of likely N-dealkylation sites (N-methyl/N-ethyl adjacent to an activating group) is 1. The van der Waals surface area contributed by atoms with Gasteiger partial charge in [0.2, 0.25) is 0 Å². The molecule has 1 aromatic carbocycles. The van der Waals surface area contributed by atoms with Crippen LogP contribution in [0.25, 0.3) is 5.76 Å². The fourth-order valence-corrected chi connectivity index (χ4v) is 4.14. The summed E-state index contributed by atoms with van der Waals surface area (Å²) in [4.78, 5) is 29.7. The van der Waals surface area contributed by atoms with Crippen LogP contribution in [-0.4, -0.2) is 66.0 Å². The fourth-order valence-electron chi connectivity index (χ4n) is 4.14. The molecule has 1 amide bonds. The van der Waals surface area contributed by atoms with Gasteiger partial charge in [0, 0.05) is 18.7 Å². The van der Waals surface area contributed by atoms with E-state index in [0.29, 0.717) is 54.9 Å². The summed E-state index contributed by atoms with van der Waals surface area (Å²) in [5.41, 5.74) is 0.393. The van der Waals surface area contributed by atoms with E-state index in [1.165, 1.54) is 4.90 Å². The third-order valence-corrected chi connectivity index (χ3v) is 5.94. The first-order chi connectivity index (χ1) is 15.4. The minimum absolute atomic E-state index is 0.0144. The summed E-state index contributed by atoms with van der Waals surface area (Å²) in [5, 5.41) is 11.2. The van der Waals surface area contributed by atoms with Gasteiger partial charge in [-0.25, -0.2) is 0 Å². The van der Waals surface area contributed by atoms with Gasteiger partial charge < -0.3 is 28.8 Å². The average molecular weight is 440 g/mol. The molecule has 32 heavy (non-hydrogen) atoms. The van der Waals surface area contributed by atoms with E-state index in [1.54, 1.807) is 37.3 Å². The van der Waals surface area contributed by atoms with E-state index in [1.807, 2.05) is 13.8 Å². The standard InChI is InChI=1S/C24H28N2O6/c1-4-25(5-2)10-11-26-21(18-8-6-15(3)32-18)20(23(28)24(26)29)22(27)16-7-9-17-19(14-16)31-13-12-30-17/h6-9,14,21,27H,4-5,10-13H2,1-3H3/b22-20+/t21-/m0/s1. The lowest BCUT2D eigenvalue weighted by Crippen LogP contribution is -2.37. The number of hydrogen-bond donors (Lipinski definition) is 1. The van der Waals surface area contributed by atoms with Crippen molar-refractivity contribution in [1.29, 1.82) is 0 Å². The Labute approximate surface area is 187 Å². The zero-order chi connectivity index (χ0) is 22.8. The van der Waals surface area contributed by atoms with Crippen molar-refractivity contribution in [2.75, 3.05) is 39.4 Å². The molecule has 2 aromatic rings. The minimum atomic E-state index is -0.799. The molecule has 2 aliphatic heterocycles. The second-order valence-corrected chi connectivity index (χ2v) is 7.83. The summed E-state index contributed by atoms with van der Waals surface area (Å²) in [6.07, 6.45) is 0. The molecule has 0 saturated carbocycles. The molecule has 0 spiro atoms. The van der Waals surface area contributed by atoms with Crippen molar-refractivity contribution < 1.29 is 28.6 Å². The molecule has 1 aromatic heterocycles. The second-order valence-electron chi connectivity index (χ2n) is 7.83. The van der Waals surface area contributed by atoms with Gasteiger partial charge in [-0.05, 0) is 50.3 Å². The number of rotatable bonds is 7. The van der Waals surface area contributed by atoms with Crippen LogP contribution in [0.4, 0.5) is 0 Å². The first-order valence-electron chi connectivity index (χ1n) is 10.9. The van der Waals surface area contributed by atoms with Gasteiger partial charge in [-0.2, -0.15) is 0 Å². The number of ether oxygens (including phenoxy) is 2. The van der Waals surface area contributed by atoms with Gasteiger partial charge in [-0.15, -0.1) is 0 Å². The number of aliphatic hydroxyl groups excluding tert-OH is 1. The third-order valence-electron chi connectivity index (χ3n) is 5.94. The van der Waals surface area contributed by atoms with Gasteiger partial charge >= 0.3 is 0 Å². The van der Waals surface area contributed by atoms with E-state index < -0.39 is 17.7 Å². The fraction of sp³-hybridized carbons (Fsp3) is 0.417. The third kappa shape index (κ3) is 3.98. The van der Waals surface area contributed by atoms with Crippen molar-refractivity contribution >= 4 is 17.4 Å². The highest BCUT2D eigenvalue weighted by molar-refractivity contribution is 6.46. The number of ketones is 1. The summed E-state index contributed by atoms with van der Waals surface area (Å²) in [7, 11) is 0. The van der Waals surface area contributed by atoms with Crippen LogP contribution in [0.5, 0.6) is 11.5 Å². The molecule has 0 aliphatic carbocycles. The molecule has 1 N–H and O–H groups in total. The maximum Gasteiger partial charge on any atom is 0.295 e. The molecule has 0 bridgehead atoms. The van der Waals surface area contributed by atoms with E-state index in [0.717, 1.165) is 13.1 Å². The quantitative estimate of drug-likeness (QED) is 0.402. The Bertz CT molecular complexity index is 1050. The van der Waals surface area contributed by atoms with E-state index in [4.69, 9.17) is 13.9 Å². The molecule has 1 saturated heterocycles. The number of Topliss-reactive ketones (excluding diaryl/α,β-unsaturated/α-hetero) is 1. The minimum Gasteiger partial charge on any atom is -0.507 e. The van der Waals surface area contributed by atoms with Crippen LogP contribution in [-0.2, 0) is 9.59 Å². The van der Waals surface area contributed by atoms with Crippen molar-refractivity contribution in [1.82, 2.24) is 9.80 Å². The first-order valence-corrected chi connectivity index (χ1v) is 10.9. The smallest absolute Gasteiger partial charge is 0.295 e. The maximum absolute atomic E-state index is 13.1. The van der Waals surface area contributed by atoms with Gasteiger partial charge in [0.05, 0.1) is 5.57 Å². The van der Waals surface area contributed by atoms with Gasteiger partial charge in [0.25, 0.3) is 11.7 Å². The number of fused-ring (bicyclic) bond motifs is 1. The highest BCUT2D eigenvalue weighted by Gasteiger charge is 2.47. The van der Waals surface area contributed by atoms with Gasteiger partial charge in [0.1, 0.15) is 36.5 Å². The lowest BCUT2D eigenvalue weighted by Gasteiger charge is -2.26. The van der Waals surface area contributed by atoms with E-state index in [9.17, 15) is 14.7 Å². The van der Waals surface area contributed by atoms with Crippen LogP contribution in [0.2, 0.25) is 0 Å². The number of likely N-dealkylation sites (tertiary alicyclic amines) is 1. The molecule has 0 unspecified atom stereocenters. The SMILES string of the molecule is CCN(CC)CCN1C(=O)C(=O)/C(=C(/O)c2ccc3c(c2)OCCO3)[C@@H]1c1ccc(C)o1. The molecule has 0 radical (unpaired) electrons. The Morgan fingerprint density at radius 2 is 1.81 bits per heavy atom. The molecule has 1 fully saturated rings. The monoisotopic (exact) mass is 440 g/mol. The number of hydrogen-bond acceptors (Lipinski definition) is 7. The molecule has 1 atom stereocenters. The largest absolute Gasteiger partial charge is 0.507 e. The Balaban J connectivity index is 1.76. The predicted octanol–water partition coefficient (Wildman–Crippen LogP) is 3.12. The Kier molecular flexibility index (Phi) is 6.23. The number of carbonyl (C=O) groups is 2. The molecule has 170 valence electrons. The summed E-state index contributed by atoms with van der Waals surface area (Å²) in [6.45, 7) is 9.37. The van der Waals surface area contributed by atoms with E-state index in [-0.39, 0.29) is 11.3 Å². The van der Waals surface area contributed by atoms with Crippen LogP contribution < -0.4 is 9.47 Å². The lowest BCUT2D eigenvalue weighted by atomic mass is 9.99. The number of benzene rings is 1. The number of carbonyl (C=O) groups excluding carboxylic acids is 2. The second kappa shape index (κ2) is 9.08. The van der Waals surface area contributed by atoms with Crippen LogP contribution in [0, 0.1) is 6.92 Å². The molecule has 4 rings (SSSR count). The van der Waals surface area contributed by atoms with E-state index >= 15 is 0 Å². The van der Waals surface area contributed by atoms with Crippen molar-refractivity contribution in [3.63, 3.8) is 0 Å². The molecule has 8 nitrogen and oxygen atoms in total. The van der Waals surface area contributed by atoms with Crippen LogP contribution >= 0.6 is 0 Å². The summed E-state index contributed by atoms with van der Waals surface area (Å²) < 4.78 is 17.0. The number of aliphatic hydroxyl groups is 1. The maximum atomic E-state index is 13.1. The number of amides is 1. The van der Waals surface area contributed by atoms with Crippen molar-refractivity contribution in [3.8, 4) is 11.5 Å². The van der Waals surface area contributed by atoms with Crippen molar-refractivity contribution in [2.45, 2.75) is 26.8 Å². The molecular formula is C24H28N2O6. The van der Waals surface area contributed by atoms with Crippen LogP contribution in [0.3, 0.4) is 0 Å².